The van der Waals surface area contributed by atoms with Crippen LogP contribution in [0.2, 0.25) is 0 Å². The Bertz CT molecular complexity index is 196. The van der Waals surface area contributed by atoms with Crippen LogP contribution in [0.1, 0.15) is 55.4 Å². The molecule has 122 valence electrons. The molecule has 0 N–H and O–H groups in total. The van der Waals surface area contributed by atoms with Gasteiger partial charge in [-0.05, 0) is 62.4 Å². The number of nitrogens with zero attached hydrogens (tertiary/aromatic N) is 3. The molecular formula is C17H39N3. The van der Waals surface area contributed by atoms with Gasteiger partial charge in [-0.15, -0.1) is 0 Å². The maximum absolute atomic E-state index is 2.57. The van der Waals surface area contributed by atoms with E-state index in [1.807, 2.05) is 0 Å². The molecule has 0 spiro atoms. The second-order valence-electron chi connectivity index (χ2n) is 7.15. The van der Waals surface area contributed by atoms with Gasteiger partial charge in [0.05, 0.1) is 0 Å². The molecule has 0 fully saturated rings. The Balaban J connectivity index is 4.13. The zero-order valence-electron chi connectivity index (χ0n) is 15.5. The van der Waals surface area contributed by atoms with Crippen molar-refractivity contribution in [2.45, 2.75) is 79.6 Å². The lowest BCUT2D eigenvalue weighted by Crippen LogP contribution is -2.45. The van der Waals surface area contributed by atoms with Gasteiger partial charge in [0.1, 0.15) is 0 Å². The summed E-state index contributed by atoms with van der Waals surface area (Å²) in [5, 5.41) is 0. The molecule has 0 saturated heterocycles. The van der Waals surface area contributed by atoms with Gasteiger partial charge < -0.3 is 4.90 Å². The van der Waals surface area contributed by atoms with E-state index in [9.17, 15) is 0 Å². The Labute approximate surface area is 128 Å². The molecule has 0 radical (unpaired) electrons. The Kier molecular flexibility index (Phi) is 9.69. The van der Waals surface area contributed by atoms with Gasteiger partial charge in [-0.25, -0.2) is 0 Å². The highest BCUT2D eigenvalue weighted by molar-refractivity contribution is 4.71. The number of hydrogen-bond acceptors (Lipinski definition) is 3. The minimum Gasteiger partial charge on any atom is -0.304 e. The van der Waals surface area contributed by atoms with E-state index in [0.717, 1.165) is 26.2 Å². The van der Waals surface area contributed by atoms with Crippen LogP contribution in [-0.4, -0.2) is 72.1 Å². The predicted molar refractivity (Wildman–Crippen MR) is 91.5 cm³/mol. The topological polar surface area (TPSA) is 9.72 Å². The third-order valence-corrected chi connectivity index (χ3v) is 4.13. The Morgan fingerprint density at radius 3 is 0.950 bits per heavy atom. The first kappa shape index (κ1) is 19.9. The van der Waals surface area contributed by atoms with E-state index in [2.05, 4.69) is 77.1 Å². The molecule has 3 nitrogen and oxygen atoms in total. The van der Waals surface area contributed by atoms with E-state index < -0.39 is 0 Å². The first-order valence-electron chi connectivity index (χ1n) is 8.36. The van der Waals surface area contributed by atoms with Crippen LogP contribution in [-0.2, 0) is 0 Å². The van der Waals surface area contributed by atoms with Crippen molar-refractivity contribution in [3.05, 3.63) is 0 Å². The molecule has 0 saturated carbocycles. The predicted octanol–water partition coefficient (Wildman–Crippen LogP) is 3.16. The maximum atomic E-state index is 2.57. The second kappa shape index (κ2) is 9.75. The van der Waals surface area contributed by atoms with Crippen molar-refractivity contribution in [3.8, 4) is 0 Å². The van der Waals surface area contributed by atoms with Crippen LogP contribution in [0.15, 0.2) is 0 Å². The van der Waals surface area contributed by atoms with Crippen molar-refractivity contribution < 1.29 is 0 Å². The summed E-state index contributed by atoms with van der Waals surface area (Å²) >= 11 is 0. The van der Waals surface area contributed by atoms with Gasteiger partial charge >= 0.3 is 0 Å². The van der Waals surface area contributed by atoms with Gasteiger partial charge in [0, 0.05) is 50.3 Å². The highest BCUT2D eigenvalue weighted by atomic mass is 15.2. The van der Waals surface area contributed by atoms with Crippen molar-refractivity contribution in [2.24, 2.45) is 0 Å². The summed E-state index contributed by atoms with van der Waals surface area (Å²) < 4.78 is 0. The fourth-order valence-electron chi connectivity index (χ4n) is 2.91. The van der Waals surface area contributed by atoms with E-state index in [4.69, 9.17) is 0 Å². The summed E-state index contributed by atoms with van der Waals surface area (Å²) in [6.45, 7) is 23.0. The second-order valence-corrected chi connectivity index (χ2v) is 7.15. The van der Waals surface area contributed by atoms with Crippen LogP contribution in [0.25, 0.3) is 0 Å². The molecule has 0 aromatic carbocycles. The fourth-order valence-corrected chi connectivity index (χ4v) is 2.91. The number of likely N-dealkylation sites (N-methyl/N-ethyl adjacent to an activating group) is 1. The molecule has 20 heavy (non-hydrogen) atoms. The van der Waals surface area contributed by atoms with E-state index in [1.165, 1.54) is 0 Å². The minimum atomic E-state index is 0.631. The molecule has 0 amide bonds. The van der Waals surface area contributed by atoms with Crippen LogP contribution in [0.5, 0.6) is 0 Å². The minimum absolute atomic E-state index is 0.631. The summed E-state index contributed by atoms with van der Waals surface area (Å²) in [5.41, 5.74) is 0. The van der Waals surface area contributed by atoms with Crippen LogP contribution in [0.3, 0.4) is 0 Å². The van der Waals surface area contributed by atoms with E-state index >= 15 is 0 Å². The average Bonchev–Trinajstić information content (AvgIpc) is 2.27. The lowest BCUT2D eigenvalue weighted by atomic mass is 10.2. The van der Waals surface area contributed by atoms with Gasteiger partial charge in [0.2, 0.25) is 0 Å². The van der Waals surface area contributed by atoms with E-state index in [1.54, 1.807) is 0 Å². The molecule has 0 unspecified atom stereocenters. The third-order valence-electron chi connectivity index (χ3n) is 4.13. The maximum Gasteiger partial charge on any atom is 0.0115 e. The third kappa shape index (κ3) is 7.61. The standard InChI is InChI=1S/C17H39N3/c1-14(2)19(15(3)4)12-10-18(9)11-13-20(16(5)6)17(7)8/h14-17H,10-13H2,1-9H3. The van der Waals surface area contributed by atoms with E-state index in [0.29, 0.717) is 24.2 Å². The summed E-state index contributed by atoms with van der Waals surface area (Å²) in [6.07, 6.45) is 0. The summed E-state index contributed by atoms with van der Waals surface area (Å²) in [6, 6.07) is 2.52. The van der Waals surface area contributed by atoms with E-state index in [-0.39, 0.29) is 0 Å². The quantitative estimate of drug-likeness (QED) is 0.610. The van der Waals surface area contributed by atoms with Crippen LogP contribution >= 0.6 is 0 Å². The average molecular weight is 286 g/mol. The number of hydrogen-bond donors (Lipinski definition) is 0. The monoisotopic (exact) mass is 285 g/mol. The normalized spacial score (nSPS) is 13.2. The Morgan fingerprint density at radius 2 is 0.750 bits per heavy atom. The molecule has 0 aliphatic heterocycles. The molecule has 3 heteroatoms. The molecule has 0 aliphatic rings. The van der Waals surface area contributed by atoms with Crippen LogP contribution in [0.4, 0.5) is 0 Å². The molecule has 0 heterocycles. The molecule has 0 bridgehead atoms. The molecule has 0 atom stereocenters. The highest BCUT2D eigenvalue weighted by Gasteiger charge is 2.16. The smallest absolute Gasteiger partial charge is 0.0115 e. The SMILES string of the molecule is CC(C)N(CCN(C)CCN(C(C)C)C(C)C)C(C)C. The summed E-state index contributed by atoms with van der Waals surface area (Å²) in [4.78, 5) is 7.60. The lowest BCUT2D eigenvalue weighted by molar-refractivity contribution is 0.129. The number of rotatable bonds is 10. The zero-order chi connectivity index (χ0) is 15.9. The fraction of sp³-hybridized carbons (Fsp3) is 1.00. The van der Waals surface area contributed by atoms with Gasteiger partial charge in [-0.3, -0.25) is 9.80 Å². The molecule has 0 rings (SSSR count). The van der Waals surface area contributed by atoms with Gasteiger partial charge in [0.15, 0.2) is 0 Å². The van der Waals surface area contributed by atoms with Gasteiger partial charge in [0.25, 0.3) is 0 Å². The largest absolute Gasteiger partial charge is 0.304 e. The van der Waals surface area contributed by atoms with Crippen molar-refractivity contribution in [2.75, 3.05) is 33.2 Å². The molecule has 0 aromatic rings. The first-order chi connectivity index (χ1) is 9.16. The Hall–Kier alpha value is -0.120. The molecular weight excluding hydrogens is 246 g/mol. The summed E-state index contributed by atoms with van der Waals surface area (Å²) in [5.74, 6) is 0. The van der Waals surface area contributed by atoms with Crippen molar-refractivity contribution in [1.29, 1.82) is 0 Å². The van der Waals surface area contributed by atoms with Crippen LogP contribution in [0, 0.1) is 0 Å². The first-order valence-corrected chi connectivity index (χ1v) is 8.36. The Morgan fingerprint density at radius 1 is 0.500 bits per heavy atom. The molecule has 0 aliphatic carbocycles. The lowest BCUT2D eigenvalue weighted by Gasteiger charge is -2.34. The van der Waals surface area contributed by atoms with Gasteiger partial charge in [-0.2, -0.15) is 0 Å². The van der Waals surface area contributed by atoms with Crippen molar-refractivity contribution in [1.82, 2.24) is 14.7 Å². The molecule has 0 aromatic heterocycles. The highest BCUT2D eigenvalue weighted by Crippen LogP contribution is 2.06. The van der Waals surface area contributed by atoms with Crippen molar-refractivity contribution >= 4 is 0 Å². The van der Waals surface area contributed by atoms with Gasteiger partial charge in [-0.1, -0.05) is 0 Å². The van der Waals surface area contributed by atoms with Crippen LogP contribution < -0.4 is 0 Å². The zero-order valence-corrected chi connectivity index (χ0v) is 15.5. The van der Waals surface area contributed by atoms with Crippen molar-refractivity contribution in [3.63, 3.8) is 0 Å². The summed E-state index contributed by atoms with van der Waals surface area (Å²) in [7, 11) is 2.25.